The molecule has 0 aromatic heterocycles. The van der Waals surface area contributed by atoms with Gasteiger partial charge in [0.1, 0.15) is 11.3 Å². The number of halogens is 1. The van der Waals surface area contributed by atoms with Crippen molar-refractivity contribution < 1.29 is 5.11 Å². The topological polar surface area (TPSA) is 35.8 Å². The number of aliphatic hydroxyl groups excluding tert-OH is 1. The van der Waals surface area contributed by atoms with Crippen molar-refractivity contribution in [2.75, 3.05) is 13.3 Å². The summed E-state index contributed by atoms with van der Waals surface area (Å²) in [6.45, 7) is 0.751. The van der Waals surface area contributed by atoms with E-state index in [1.807, 2.05) is 6.08 Å². The van der Waals surface area contributed by atoms with Gasteiger partial charge in [0.05, 0.1) is 6.34 Å². The predicted molar refractivity (Wildman–Crippen MR) is 39.3 cm³/mol. The molecule has 1 heterocycles. The van der Waals surface area contributed by atoms with Gasteiger partial charge in [-0.15, -0.1) is 0 Å². The summed E-state index contributed by atoms with van der Waals surface area (Å²) in [6, 6.07) is 0. The zero-order valence-electron chi connectivity index (χ0n) is 4.79. The van der Waals surface area contributed by atoms with Crippen LogP contribution >= 0.6 is 15.9 Å². The van der Waals surface area contributed by atoms with Crippen LogP contribution in [0.15, 0.2) is 15.7 Å². The van der Waals surface area contributed by atoms with Gasteiger partial charge in [0, 0.05) is 6.54 Å². The maximum atomic E-state index is 8.57. The normalized spacial score (nSPS) is 18.0. The first-order chi connectivity index (χ1) is 4.33. The first-order valence-electron chi connectivity index (χ1n) is 2.57. The molecule has 9 heavy (non-hydrogen) atoms. The van der Waals surface area contributed by atoms with Crippen LogP contribution in [0.1, 0.15) is 0 Å². The minimum atomic E-state index is 0.0281. The fourth-order valence-electron chi connectivity index (χ4n) is 0.523. The summed E-state index contributed by atoms with van der Waals surface area (Å²) < 4.78 is 0.826. The molecule has 0 bridgehead atoms. The van der Waals surface area contributed by atoms with Gasteiger partial charge in [0.2, 0.25) is 0 Å². The van der Waals surface area contributed by atoms with Gasteiger partial charge in [-0.3, -0.25) is 0 Å². The van der Waals surface area contributed by atoms with Crippen LogP contribution in [0.3, 0.4) is 0 Å². The Labute approximate surface area is 61.8 Å². The third-order valence-electron chi connectivity index (χ3n) is 1.02. The minimum Gasteiger partial charge on any atom is -0.376 e. The lowest BCUT2D eigenvalue weighted by Gasteiger charge is -2.16. The van der Waals surface area contributed by atoms with E-state index in [1.54, 1.807) is 11.2 Å². The Hall–Kier alpha value is -0.350. The number of hydrogen-bond acceptors (Lipinski definition) is 3. The summed E-state index contributed by atoms with van der Waals surface area (Å²) >= 11 is 3.20. The highest BCUT2D eigenvalue weighted by atomic mass is 79.9. The van der Waals surface area contributed by atoms with Crippen LogP contribution in [-0.4, -0.2) is 29.6 Å². The highest BCUT2D eigenvalue weighted by Gasteiger charge is 1.99. The Bertz CT molecular complexity index is 155. The lowest BCUT2D eigenvalue weighted by molar-refractivity contribution is 0.183. The van der Waals surface area contributed by atoms with Crippen molar-refractivity contribution in [1.29, 1.82) is 0 Å². The maximum absolute atomic E-state index is 8.57. The third kappa shape index (κ3) is 1.80. The quantitative estimate of drug-likeness (QED) is 0.613. The molecule has 4 heteroatoms. The van der Waals surface area contributed by atoms with Gasteiger partial charge < -0.3 is 10.0 Å². The predicted octanol–water partition coefficient (Wildman–Crippen LogP) is 0.516. The standard InChI is InChI=1S/C5H7BrN2O/c6-5-1-2-8(4-9)3-7-5/h1,3,9H,2,4H2. The highest BCUT2D eigenvalue weighted by molar-refractivity contribution is 9.11. The van der Waals surface area contributed by atoms with Crippen molar-refractivity contribution in [1.82, 2.24) is 4.90 Å². The molecule has 0 fully saturated rings. The van der Waals surface area contributed by atoms with Crippen molar-refractivity contribution in [3.63, 3.8) is 0 Å². The second-order valence-corrected chi connectivity index (χ2v) is 2.50. The molecule has 1 N–H and O–H groups in total. The summed E-state index contributed by atoms with van der Waals surface area (Å²) in [6.07, 6.45) is 3.49. The molecular weight excluding hydrogens is 184 g/mol. The van der Waals surface area contributed by atoms with Crippen LogP contribution in [0.2, 0.25) is 0 Å². The van der Waals surface area contributed by atoms with Gasteiger partial charge in [-0.1, -0.05) is 0 Å². The van der Waals surface area contributed by atoms with E-state index >= 15 is 0 Å². The van der Waals surface area contributed by atoms with Gasteiger partial charge >= 0.3 is 0 Å². The molecule has 1 aliphatic rings. The molecule has 0 spiro atoms. The second kappa shape index (κ2) is 2.98. The first-order valence-corrected chi connectivity index (χ1v) is 3.37. The molecule has 1 rings (SSSR count). The monoisotopic (exact) mass is 190 g/mol. The third-order valence-corrected chi connectivity index (χ3v) is 1.55. The van der Waals surface area contributed by atoms with Crippen molar-refractivity contribution in [2.45, 2.75) is 0 Å². The molecule has 0 unspecified atom stereocenters. The zero-order chi connectivity index (χ0) is 6.69. The lowest BCUT2D eigenvalue weighted by atomic mass is 10.5. The molecular formula is C5H7BrN2O. The van der Waals surface area contributed by atoms with Crippen LogP contribution in [0, 0.1) is 0 Å². The van der Waals surface area contributed by atoms with E-state index < -0.39 is 0 Å². The van der Waals surface area contributed by atoms with Gasteiger partial charge in [-0.25, -0.2) is 4.99 Å². The zero-order valence-corrected chi connectivity index (χ0v) is 6.37. The van der Waals surface area contributed by atoms with E-state index in [4.69, 9.17) is 5.11 Å². The molecule has 0 amide bonds. The number of hydrogen-bond donors (Lipinski definition) is 1. The van der Waals surface area contributed by atoms with Gasteiger partial charge in [-0.05, 0) is 22.0 Å². The Morgan fingerprint density at radius 2 is 2.67 bits per heavy atom. The van der Waals surface area contributed by atoms with Gasteiger partial charge in [0.25, 0.3) is 0 Å². The molecule has 0 saturated heterocycles. The Morgan fingerprint density at radius 1 is 1.89 bits per heavy atom. The van der Waals surface area contributed by atoms with Gasteiger partial charge in [0.15, 0.2) is 0 Å². The van der Waals surface area contributed by atoms with Crippen molar-refractivity contribution >= 4 is 22.3 Å². The number of aliphatic imine (C=N–C) groups is 1. The van der Waals surface area contributed by atoms with E-state index in [-0.39, 0.29) is 6.73 Å². The molecule has 0 radical (unpaired) electrons. The number of aliphatic hydroxyl groups is 1. The molecule has 0 aromatic rings. The van der Waals surface area contributed by atoms with Crippen LogP contribution < -0.4 is 0 Å². The van der Waals surface area contributed by atoms with Crippen molar-refractivity contribution in [3.05, 3.63) is 10.7 Å². The molecule has 3 nitrogen and oxygen atoms in total. The Balaban J connectivity index is 2.48. The van der Waals surface area contributed by atoms with Crippen molar-refractivity contribution in [3.8, 4) is 0 Å². The Morgan fingerprint density at radius 3 is 3.11 bits per heavy atom. The molecule has 50 valence electrons. The molecule has 0 aromatic carbocycles. The number of nitrogens with zero attached hydrogens (tertiary/aromatic N) is 2. The summed E-state index contributed by atoms with van der Waals surface area (Å²) in [5.74, 6) is 0. The molecule has 0 atom stereocenters. The van der Waals surface area contributed by atoms with E-state index in [0.29, 0.717) is 0 Å². The summed E-state index contributed by atoms with van der Waals surface area (Å²) in [5.41, 5.74) is 0. The largest absolute Gasteiger partial charge is 0.376 e. The van der Waals surface area contributed by atoms with Crippen LogP contribution in [0.25, 0.3) is 0 Å². The van der Waals surface area contributed by atoms with Crippen molar-refractivity contribution in [2.24, 2.45) is 4.99 Å². The fourth-order valence-corrected chi connectivity index (χ4v) is 0.760. The second-order valence-electron chi connectivity index (χ2n) is 1.68. The number of rotatable bonds is 1. The average molecular weight is 191 g/mol. The smallest absolute Gasteiger partial charge is 0.116 e. The first kappa shape index (κ1) is 6.77. The summed E-state index contributed by atoms with van der Waals surface area (Å²) in [7, 11) is 0. The fraction of sp³-hybridized carbons (Fsp3) is 0.400. The van der Waals surface area contributed by atoms with Gasteiger partial charge in [-0.2, -0.15) is 0 Å². The van der Waals surface area contributed by atoms with E-state index in [9.17, 15) is 0 Å². The van der Waals surface area contributed by atoms with E-state index in [0.717, 1.165) is 11.2 Å². The van der Waals surface area contributed by atoms with E-state index in [1.165, 1.54) is 0 Å². The van der Waals surface area contributed by atoms with Crippen LogP contribution in [0.4, 0.5) is 0 Å². The molecule has 0 aliphatic carbocycles. The maximum Gasteiger partial charge on any atom is 0.116 e. The molecule has 0 saturated carbocycles. The minimum absolute atomic E-state index is 0.0281. The average Bonchev–Trinajstić information content (AvgIpc) is 1.90. The van der Waals surface area contributed by atoms with Crippen LogP contribution in [-0.2, 0) is 0 Å². The molecule has 1 aliphatic heterocycles. The summed E-state index contributed by atoms with van der Waals surface area (Å²) in [5, 5.41) is 8.57. The van der Waals surface area contributed by atoms with Crippen LogP contribution in [0.5, 0.6) is 0 Å². The SMILES string of the molecule is OCN1C=NC(Br)=CC1. The highest BCUT2D eigenvalue weighted by Crippen LogP contribution is 2.08. The van der Waals surface area contributed by atoms with E-state index in [2.05, 4.69) is 20.9 Å². The summed E-state index contributed by atoms with van der Waals surface area (Å²) in [4.78, 5) is 5.59. The lowest BCUT2D eigenvalue weighted by Crippen LogP contribution is -2.24. The Kier molecular flexibility index (Phi) is 2.24.